The number of fused-ring (bicyclic) bond motifs is 1. The van der Waals surface area contributed by atoms with E-state index in [1.165, 1.54) is 6.07 Å². The van der Waals surface area contributed by atoms with Crippen LogP contribution in [0.1, 0.15) is 16.7 Å². The maximum atomic E-state index is 14.2. The summed E-state index contributed by atoms with van der Waals surface area (Å²) in [5.74, 6) is 0.317. The van der Waals surface area contributed by atoms with Gasteiger partial charge in [0.25, 0.3) is 0 Å². The molecule has 1 N–H and O–H groups in total. The number of halogens is 4. The molecule has 0 heterocycles. The molecule has 0 aliphatic heterocycles. The van der Waals surface area contributed by atoms with Crippen LogP contribution in [0.3, 0.4) is 0 Å². The van der Waals surface area contributed by atoms with E-state index < -0.39 is 0 Å². The van der Waals surface area contributed by atoms with E-state index in [0.717, 1.165) is 34.9 Å². The summed E-state index contributed by atoms with van der Waals surface area (Å²) in [7, 11) is 0. The monoisotopic (exact) mass is 487 g/mol. The second-order valence-electron chi connectivity index (χ2n) is 7.41. The van der Waals surface area contributed by atoms with Gasteiger partial charge in [0.15, 0.2) is 0 Å². The smallest absolute Gasteiger partial charge is 0.131 e. The quantitative estimate of drug-likeness (QED) is 0.255. The topological polar surface area (TPSA) is 21.3 Å². The number of rotatable bonds is 8. The van der Waals surface area contributed by atoms with Gasteiger partial charge in [0.1, 0.15) is 18.2 Å². The Morgan fingerprint density at radius 3 is 2.47 bits per heavy atom. The number of benzene rings is 4. The second kappa shape index (κ2) is 10.5. The molecule has 0 saturated heterocycles. The Hall–Kier alpha value is -2.30. The molecule has 0 fully saturated rings. The first-order valence-electron chi connectivity index (χ1n) is 10.2. The zero-order valence-corrected chi connectivity index (χ0v) is 19.4. The van der Waals surface area contributed by atoms with Gasteiger partial charge in [0, 0.05) is 27.7 Å². The largest absolute Gasteiger partial charge is 0.488 e. The van der Waals surface area contributed by atoms with Crippen LogP contribution in [0.2, 0.25) is 15.1 Å². The highest BCUT2D eigenvalue weighted by Crippen LogP contribution is 2.30. The highest BCUT2D eigenvalue weighted by Gasteiger charge is 2.12. The van der Waals surface area contributed by atoms with Crippen molar-refractivity contribution in [3.8, 4) is 5.75 Å². The van der Waals surface area contributed by atoms with Crippen molar-refractivity contribution >= 4 is 45.6 Å². The fourth-order valence-corrected chi connectivity index (χ4v) is 4.34. The highest BCUT2D eigenvalue weighted by atomic mass is 35.5. The third-order valence-electron chi connectivity index (χ3n) is 5.32. The molecule has 0 radical (unpaired) electrons. The molecular formula is C26H21Cl3FNO. The van der Waals surface area contributed by atoms with Gasteiger partial charge in [-0.15, -0.1) is 0 Å². The normalized spacial score (nSPS) is 11.1. The van der Waals surface area contributed by atoms with E-state index in [2.05, 4.69) is 17.4 Å². The first-order chi connectivity index (χ1) is 15.5. The van der Waals surface area contributed by atoms with Crippen LogP contribution < -0.4 is 10.1 Å². The third kappa shape index (κ3) is 5.36. The van der Waals surface area contributed by atoms with Crippen LogP contribution in [0, 0.1) is 5.82 Å². The first-order valence-corrected chi connectivity index (χ1v) is 11.4. The van der Waals surface area contributed by atoms with E-state index >= 15 is 0 Å². The van der Waals surface area contributed by atoms with Crippen molar-refractivity contribution in [2.75, 3.05) is 6.54 Å². The fraction of sp³-hybridized carbons (Fsp3) is 0.154. The van der Waals surface area contributed by atoms with Gasteiger partial charge >= 0.3 is 0 Å². The predicted molar refractivity (Wildman–Crippen MR) is 132 cm³/mol. The molecule has 0 bridgehead atoms. The van der Waals surface area contributed by atoms with Crippen molar-refractivity contribution in [3.63, 3.8) is 0 Å². The molecule has 0 unspecified atom stereocenters. The van der Waals surface area contributed by atoms with Crippen molar-refractivity contribution in [3.05, 3.63) is 110 Å². The number of nitrogens with one attached hydrogen (secondary N) is 1. The predicted octanol–water partition coefficient (Wildman–Crippen LogP) is 7.85. The van der Waals surface area contributed by atoms with E-state index in [1.54, 1.807) is 18.2 Å². The lowest BCUT2D eigenvalue weighted by atomic mass is 10.0. The van der Waals surface area contributed by atoms with Crippen LogP contribution in [0.15, 0.2) is 72.8 Å². The summed E-state index contributed by atoms with van der Waals surface area (Å²) in [6, 6.07) is 22.2. The Balaban J connectivity index is 1.51. The molecule has 4 aromatic carbocycles. The molecule has 2 nitrogen and oxygen atoms in total. The molecule has 0 aliphatic carbocycles. The van der Waals surface area contributed by atoms with Crippen LogP contribution in [-0.4, -0.2) is 6.54 Å². The zero-order valence-electron chi connectivity index (χ0n) is 17.2. The van der Waals surface area contributed by atoms with E-state index in [4.69, 9.17) is 39.5 Å². The fourth-order valence-electron chi connectivity index (χ4n) is 3.61. The summed E-state index contributed by atoms with van der Waals surface area (Å²) < 4.78 is 20.2. The Labute approximate surface area is 201 Å². The zero-order chi connectivity index (χ0) is 22.5. The van der Waals surface area contributed by atoms with E-state index in [0.29, 0.717) is 32.9 Å². The highest BCUT2D eigenvalue weighted by molar-refractivity contribution is 6.35. The summed E-state index contributed by atoms with van der Waals surface area (Å²) in [6.45, 7) is 1.37. The number of hydrogen-bond donors (Lipinski definition) is 1. The molecule has 0 aliphatic rings. The lowest BCUT2D eigenvalue weighted by molar-refractivity contribution is 0.296. The average molecular weight is 489 g/mol. The van der Waals surface area contributed by atoms with Crippen LogP contribution >= 0.6 is 34.8 Å². The summed E-state index contributed by atoms with van der Waals surface area (Å²) in [5, 5.41) is 7.31. The van der Waals surface area contributed by atoms with Gasteiger partial charge in [-0.2, -0.15) is 0 Å². The van der Waals surface area contributed by atoms with Crippen LogP contribution in [0.25, 0.3) is 10.8 Å². The summed E-state index contributed by atoms with van der Waals surface area (Å²) in [6.07, 6.45) is 0.766. The third-order valence-corrected chi connectivity index (χ3v) is 6.26. The maximum Gasteiger partial charge on any atom is 0.131 e. The molecule has 6 heteroatoms. The number of ether oxygens (including phenoxy) is 1. The molecule has 0 atom stereocenters. The molecule has 0 amide bonds. The van der Waals surface area contributed by atoms with Crippen LogP contribution in [0.5, 0.6) is 5.75 Å². The minimum atomic E-state index is -0.377. The van der Waals surface area contributed by atoms with E-state index in [1.807, 2.05) is 36.4 Å². The van der Waals surface area contributed by atoms with Crippen molar-refractivity contribution in [1.29, 1.82) is 0 Å². The van der Waals surface area contributed by atoms with Crippen LogP contribution in [0.4, 0.5) is 4.39 Å². The van der Waals surface area contributed by atoms with Crippen molar-refractivity contribution in [2.24, 2.45) is 0 Å². The van der Waals surface area contributed by atoms with Gasteiger partial charge in [-0.3, -0.25) is 0 Å². The van der Waals surface area contributed by atoms with Crippen molar-refractivity contribution < 1.29 is 9.13 Å². The average Bonchev–Trinajstić information content (AvgIpc) is 2.78. The Morgan fingerprint density at radius 1 is 0.812 bits per heavy atom. The lowest BCUT2D eigenvalue weighted by Crippen LogP contribution is -2.18. The molecular weight excluding hydrogens is 468 g/mol. The number of hydrogen-bond acceptors (Lipinski definition) is 2. The first kappa shape index (κ1) is 22.9. The Bertz CT molecular complexity index is 1220. The molecule has 0 aromatic heterocycles. The van der Waals surface area contributed by atoms with E-state index in [9.17, 15) is 4.39 Å². The van der Waals surface area contributed by atoms with Gasteiger partial charge in [0.2, 0.25) is 0 Å². The summed E-state index contributed by atoms with van der Waals surface area (Å²) in [5.41, 5.74) is 2.39. The lowest BCUT2D eigenvalue weighted by Gasteiger charge is -2.16. The molecule has 4 rings (SSSR count). The maximum absolute atomic E-state index is 14.2. The second-order valence-corrected chi connectivity index (χ2v) is 8.67. The summed E-state index contributed by atoms with van der Waals surface area (Å²) in [4.78, 5) is 0. The SMILES string of the molecule is Fc1cccc(Cl)c1COc1ccc2ccccc2c1CNCCc1ccc(Cl)cc1Cl. The molecule has 32 heavy (non-hydrogen) atoms. The van der Waals surface area contributed by atoms with Crippen molar-refractivity contribution in [2.45, 2.75) is 19.6 Å². The Morgan fingerprint density at radius 2 is 1.66 bits per heavy atom. The van der Waals surface area contributed by atoms with Crippen molar-refractivity contribution in [1.82, 2.24) is 5.32 Å². The minimum absolute atomic E-state index is 0.0528. The minimum Gasteiger partial charge on any atom is -0.488 e. The van der Waals surface area contributed by atoms with Gasteiger partial charge in [0.05, 0.1) is 5.02 Å². The van der Waals surface area contributed by atoms with Gasteiger partial charge in [-0.05, 0) is 59.6 Å². The molecule has 0 spiro atoms. The van der Waals surface area contributed by atoms with Gasteiger partial charge in [-0.25, -0.2) is 4.39 Å². The summed E-state index contributed by atoms with van der Waals surface area (Å²) >= 11 is 18.4. The molecule has 164 valence electrons. The molecule has 0 saturated carbocycles. The standard InChI is InChI=1S/C26H21Cl3FNO/c27-19-10-8-18(24(29)14-19)12-13-31-15-21-20-5-2-1-4-17(20)9-11-26(21)32-16-22-23(28)6-3-7-25(22)30/h1-11,14,31H,12-13,15-16H2. The van der Waals surface area contributed by atoms with E-state index in [-0.39, 0.29) is 12.4 Å². The Kier molecular flexibility index (Phi) is 7.54. The van der Waals surface area contributed by atoms with Crippen LogP contribution in [-0.2, 0) is 19.6 Å². The molecule has 4 aromatic rings. The van der Waals surface area contributed by atoms with Gasteiger partial charge in [-0.1, -0.05) is 77.3 Å². The van der Waals surface area contributed by atoms with Gasteiger partial charge < -0.3 is 10.1 Å².